The lowest BCUT2D eigenvalue weighted by atomic mass is 10.0. The van der Waals surface area contributed by atoms with Crippen molar-refractivity contribution in [1.82, 2.24) is 4.98 Å². The fourth-order valence-electron chi connectivity index (χ4n) is 2.93. The van der Waals surface area contributed by atoms with E-state index in [1.54, 1.807) is 11.3 Å². The van der Waals surface area contributed by atoms with Crippen LogP contribution in [0.1, 0.15) is 11.1 Å². The lowest BCUT2D eigenvalue weighted by Crippen LogP contribution is -1.94. The van der Waals surface area contributed by atoms with Crippen LogP contribution in [-0.2, 0) is 0 Å². The van der Waals surface area contributed by atoms with Gasteiger partial charge >= 0.3 is 0 Å². The summed E-state index contributed by atoms with van der Waals surface area (Å²) in [4.78, 5) is 4.76. The maximum Gasteiger partial charge on any atom is 0.187 e. The van der Waals surface area contributed by atoms with Crippen molar-refractivity contribution in [1.29, 1.82) is 0 Å². The van der Waals surface area contributed by atoms with E-state index < -0.39 is 0 Å². The molecular formula is C23H20N2S. The zero-order valence-corrected chi connectivity index (χ0v) is 15.7. The first-order chi connectivity index (χ1) is 12.7. The monoisotopic (exact) mass is 356 g/mol. The van der Waals surface area contributed by atoms with Gasteiger partial charge in [0.2, 0.25) is 0 Å². The van der Waals surface area contributed by atoms with E-state index >= 15 is 0 Å². The zero-order valence-electron chi connectivity index (χ0n) is 14.9. The summed E-state index contributed by atoms with van der Waals surface area (Å²) in [6.07, 6.45) is 0. The minimum Gasteiger partial charge on any atom is -0.331 e. The molecule has 0 aliphatic rings. The third-order valence-corrected chi connectivity index (χ3v) is 5.40. The fourth-order valence-corrected chi connectivity index (χ4v) is 3.66. The Hall–Kier alpha value is -2.91. The molecule has 26 heavy (non-hydrogen) atoms. The van der Waals surface area contributed by atoms with E-state index in [1.807, 2.05) is 6.07 Å². The van der Waals surface area contributed by atoms with Crippen LogP contribution in [0.25, 0.3) is 22.4 Å². The molecule has 0 unspecified atom stereocenters. The van der Waals surface area contributed by atoms with Crippen molar-refractivity contribution >= 4 is 22.2 Å². The third kappa shape index (κ3) is 3.39. The number of hydrogen-bond acceptors (Lipinski definition) is 3. The van der Waals surface area contributed by atoms with Gasteiger partial charge in [-0.3, -0.25) is 0 Å². The Bertz CT molecular complexity index is 1020. The van der Waals surface area contributed by atoms with Gasteiger partial charge in [-0.25, -0.2) is 4.98 Å². The Morgan fingerprint density at radius 1 is 0.731 bits per heavy atom. The number of thiazole rings is 1. The van der Waals surface area contributed by atoms with E-state index in [4.69, 9.17) is 4.98 Å². The Kier molecular flexibility index (Phi) is 4.55. The Balaban J connectivity index is 1.55. The SMILES string of the molecule is Cc1cccc(Nc2nc(-c3ccc(-c4ccccc4)cc3)cs2)c1C. The van der Waals surface area contributed by atoms with Crippen LogP contribution < -0.4 is 5.32 Å². The molecule has 0 atom stereocenters. The Morgan fingerprint density at radius 3 is 2.19 bits per heavy atom. The number of rotatable bonds is 4. The molecule has 0 saturated carbocycles. The van der Waals surface area contributed by atoms with Crippen LogP contribution in [0, 0.1) is 13.8 Å². The molecule has 0 aliphatic heterocycles. The van der Waals surface area contributed by atoms with Crippen LogP contribution in [0.3, 0.4) is 0 Å². The van der Waals surface area contributed by atoms with Crippen LogP contribution in [-0.4, -0.2) is 4.98 Å². The van der Waals surface area contributed by atoms with E-state index in [0.717, 1.165) is 22.1 Å². The van der Waals surface area contributed by atoms with Crippen molar-refractivity contribution in [2.45, 2.75) is 13.8 Å². The molecule has 3 heteroatoms. The third-order valence-electron chi connectivity index (χ3n) is 4.64. The van der Waals surface area contributed by atoms with E-state index in [2.05, 4.69) is 91.3 Å². The lowest BCUT2D eigenvalue weighted by Gasteiger charge is -2.08. The summed E-state index contributed by atoms with van der Waals surface area (Å²) in [7, 11) is 0. The summed E-state index contributed by atoms with van der Waals surface area (Å²) in [5.41, 5.74) is 8.25. The van der Waals surface area contributed by atoms with Gasteiger partial charge in [-0.1, -0.05) is 66.7 Å². The molecule has 128 valence electrons. The smallest absolute Gasteiger partial charge is 0.187 e. The highest BCUT2D eigenvalue weighted by Crippen LogP contribution is 2.30. The van der Waals surface area contributed by atoms with Gasteiger partial charge in [0, 0.05) is 16.6 Å². The summed E-state index contributed by atoms with van der Waals surface area (Å²) in [5.74, 6) is 0. The molecule has 0 amide bonds. The molecule has 1 aromatic heterocycles. The molecule has 0 spiro atoms. The lowest BCUT2D eigenvalue weighted by molar-refractivity contribution is 1.31. The molecule has 0 fully saturated rings. The van der Waals surface area contributed by atoms with E-state index in [1.165, 1.54) is 22.3 Å². The van der Waals surface area contributed by atoms with Crippen molar-refractivity contribution in [3.05, 3.63) is 89.3 Å². The molecule has 4 rings (SSSR count). The average molecular weight is 356 g/mol. The van der Waals surface area contributed by atoms with Gasteiger partial charge in [0.25, 0.3) is 0 Å². The van der Waals surface area contributed by atoms with Crippen LogP contribution in [0.5, 0.6) is 0 Å². The second-order valence-corrected chi connectivity index (χ2v) is 7.21. The summed E-state index contributed by atoms with van der Waals surface area (Å²) in [6.45, 7) is 4.26. The summed E-state index contributed by atoms with van der Waals surface area (Å²) in [5, 5.41) is 6.47. The molecule has 0 radical (unpaired) electrons. The van der Waals surface area contributed by atoms with Crippen molar-refractivity contribution < 1.29 is 0 Å². The highest BCUT2D eigenvalue weighted by molar-refractivity contribution is 7.14. The van der Waals surface area contributed by atoms with Gasteiger partial charge in [-0.15, -0.1) is 11.3 Å². The first kappa shape index (κ1) is 16.6. The quantitative estimate of drug-likeness (QED) is 0.433. The predicted octanol–water partition coefficient (Wildman–Crippen LogP) is 6.84. The minimum absolute atomic E-state index is 0.917. The van der Waals surface area contributed by atoms with E-state index in [0.29, 0.717) is 0 Å². The van der Waals surface area contributed by atoms with Crippen LogP contribution in [0.2, 0.25) is 0 Å². The molecule has 0 saturated heterocycles. The van der Waals surface area contributed by atoms with Gasteiger partial charge in [-0.05, 0) is 42.2 Å². The van der Waals surface area contributed by atoms with Gasteiger partial charge in [0.1, 0.15) is 0 Å². The first-order valence-corrected chi connectivity index (χ1v) is 9.53. The summed E-state index contributed by atoms with van der Waals surface area (Å²) in [6, 6.07) is 25.3. The maximum atomic E-state index is 4.76. The summed E-state index contributed by atoms with van der Waals surface area (Å²) < 4.78 is 0. The van der Waals surface area contributed by atoms with E-state index in [9.17, 15) is 0 Å². The minimum atomic E-state index is 0.917. The predicted molar refractivity (Wildman–Crippen MR) is 112 cm³/mol. The van der Waals surface area contributed by atoms with Gasteiger partial charge in [-0.2, -0.15) is 0 Å². The van der Waals surface area contributed by atoms with Crippen molar-refractivity contribution in [3.63, 3.8) is 0 Å². The van der Waals surface area contributed by atoms with Crippen LogP contribution >= 0.6 is 11.3 Å². The van der Waals surface area contributed by atoms with Crippen molar-refractivity contribution in [2.75, 3.05) is 5.32 Å². The highest BCUT2D eigenvalue weighted by Gasteiger charge is 2.07. The molecule has 2 nitrogen and oxygen atoms in total. The van der Waals surface area contributed by atoms with Gasteiger partial charge in [0.05, 0.1) is 5.69 Å². The number of hydrogen-bond donors (Lipinski definition) is 1. The maximum absolute atomic E-state index is 4.76. The number of aryl methyl sites for hydroxylation is 1. The second kappa shape index (κ2) is 7.14. The number of anilines is 2. The average Bonchev–Trinajstić information content (AvgIpc) is 3.15. The topological polar surface area (TPSA) is 24.9 Å². The standard InChI is InChI=1S/C23H20N2S/c1-16-7-6-10-21(17(16)2)24-23-25-22(15-26-23)20-13-11-19(12-14-20)18-8-4-3-5-9-18/h3-15H,1-2H3,(H,24,25). The summed E-state index contributed by atoms with van der Waals surface area (Å²) >= 11 is 1.63. The molecular weight excluding hydrogens is 336 g/mol. The number of nitrogens with one attached hydrogen (secondary N) is 1. The van der Waals surface area contributed by atoms with Crippen molar-refractivity contribution in [3.8, 4) is 22.4 Å². The van der Waals surface area contributed by atoms with Crippen LogP contribution in [0.15, 0.2) is 78.2 Å². The molecule has 3 aromatic carbocycles. The Labute approximate surface area is 158 Å². The number of aromatic nitrogens is 1. The fraction of sp³-hybridized carbons (Fsp3) is 0.0870. The number of benzene rings is 3. The molecule has 1 N–H and O–H groups in total. The molecule has 1 heterocycles. The molecule has 0 bridgehead atoms. The molecule has 4 aromatic rings. The highest BCUT2D eigenvalue weighted by atomic mass is 32.1. The zero-order chi connectivity index (χ0) is 17.9. The second-order valence-electron chi connectivity index (χ2n) is 6.35. The van der Waals surface area contributed by atoms with E-state index in [-0.39, 0.29) is 0 Å². The van der Waals surface area contributed by atoms with Gasteiger partial charge in [0.15, 0.2) is 5.13 Å². The molecule has 0 aliphatic carbocycles. The number of nitrogens with zero attached hydrogens (tertiary/aromatic N) is 1. The Morgan fingerprint density at radius 2 is 1.42 bits per heavy atom. The first-order valence-electron chi connectivity index (χ1n) is 8.65. The largest absolute Gasteiger partial charge is 0.331 e. The van der Waals surface area contributed by atoms with Crippen molar-refractivity contribution in [2.24, 2.45) is 0 Å². The van der Waals surface area contributed by atoms with Gasteiger partial charge < -0.3 is 5.32 Å². The normalized spacial score (nSPS) is 10.7. The van der Waals surface area contributed by atoms with Crippen LogP contribution in [0.4, 0.5) is 10.8 Å².